The Morgan fingerprint density at radius 1 is 0.919 bits per heavy atom. The summed E-state index contributed by atoms with van der Waals surface area (Å²) in [4.78, 5) is 33.3. The van der Waals surface area contributed by atoms with E-state index < -0.39 is 15.9 Å². The Morgan fingerprint density at radius 3 is 2.16 bits per heavy atom. The molecular formula is C24H21N7O5S. The lowest BCUT2D eigenvalue weighted by molar-refractivity contribution is -0.385. The molecule has 0 unspecified atom stereocenters. The zero-order chi connectivity index (χ0) is 26.4. The molecule has 0 saturated carbocycles. The molecule has 0 radical (unpaired) electrons. The molecule has 0 saturated heterocycles. The molecule has 0 atom stereocenters. The van der Waals surface area contributed by atoms with Gasteiger partial charge in [-0.15, -0.1) is 10.2 Å². The highest BCUT2D eigenvalue weighted by molar-refractivity contribution is 7.98. The van der Waals surface area contributed by atoms with Gasteiger partial charge >= 0.3 is 6.03 Å². The SMILES string of the molecule is Cc1ccccc1CSc1nnc(CNC(=O)Nc2ccc([N+](=O)[O-])cc2)n1-c1ccc([N+](=O)[O-])cc1. The van der Waals surface area contributed by atoms with Gasteiger partial charge in [-0.2, -0.15) is 0 Å². The second kappa shape index (κ2) is 11.3. The van der Waals surface area contributed by atoms with Crippen LogP contribution in [-0.4, -0.2) is 30.6 Å². The van der Waals surface area contributed by atoms with Crippen molar-refractivity contribution in [1.29, 1.82) is 0 Å². The predicted molar refractivity (Wildman–Crippen MR) is 138 cm³/mol. The zero-order valence-corrected chi connectivity index (χ0v) is 20.3. The molecule has 4 aromatic rings. The molecule has 3 aromatic carbocycles. The van der Waals surface area contributed by atoms with Crippen molar-refractivity contribution in [1.82, 2.24) is 20.1 Å². The van der Waals surface area contributed by atoms with E-state index in [1.165, 1.54) is 48.2 Å². The third-order valence-corrected chi connectivity index (χ3v) is 6.36. The van der Waals surface area contributed by atoms with E-state index in [1.807, 2.05) is 31.2 Å². The molecule has 4 rings (SSSR count). The van der Waals surface area contributed by atoms with Gasteiger partial charge in [-0.1, -0.05) is 36.0 Å². The Morgan fingerprint density at radius 2 is 1.54 bits per heavy atom. The van der Waals surface area contributed by atoms with Crippen molar-refractivity contribution >= 4 is 34.9 Å². The zero-order valence-electron chi connectivity index (χ0n) is 19.5. The van der Waals surface area contributed by atoms with Gasteiger partial charge in [0.25, 0.3) is 11.4 Å². The summed E-state index contributed by atoms with van der Waals surface area (Å²) >= 11 is 1.45. The molecule has 0 fully saturated rings. The Kier molecular flexibility index (Phi) is 7.74. The van der Waals surface area contributed by atoms with Crippen molar-refractivity contribution in [3.8, 4) is 5.69 Å². The molecule has 2 amide bonds. The van der Waals surface area contributed by atoms with Crippen molar-refractivity contribution in [2.24, 2.45) is 0 Å². The first-order chi connectivity index (χ1) is 17.8. The Labute approximate surface area is 215 Å². The van der Waals surface area contributed by atoms with Crippen LogP contribution in [0, 0.1) is 27.2 Å². The average Bonchev–Trinajstić information content (AvgIpc) is 3.30. The van der Waals surface area contributed by atoms with Gasteiger partial charge in [-0.25, -0.2) is 4.79 Å². The van der Waals surface area contributed by atoms with Crippen molar-refractivity contribution in [2.45, 2.75) is 24.4 Å². The quantitative estimate of drug-likeness (QED) is 0.177. The minimum atomic E-state index is -0.541. The minimum absolute atomic E-state index is 0.00767. The molecule has 0 spiro atoms. The van der Waals surface area contributed by atoms with Crippen LogP contribution in [0.3, 0.4) is 0 Å². The summed E-state index contributed by atoms with van der Waals surface area (Å²) in [5.74, 6) is 1.05. The van der Waals surface area contributed by atoms with E-state index in [4.69, 9.17) is 0 Å². The number of hydrogen-bond donors (Lipinski definition) is 2. The molecule has 0 bridgehead atoms. The number of nitro groups is 2. The molecule has 13 heteroatoms. The lowest BCUT2D eigenvalue weighted by Gasteiger charge is -2.12. The number of thioether (sulfide) groups is 1. The van der Waals surface area contributed by atoms with E-state index >= 15 is 0 Å². The monoisotopic (exact) mass is 519 g/mol. The summed E-state index contributed by atoms with van der Waals surface area (Å²) in [6, 6.07) is 18.9. The van der Waals surface area contributed by atoms with Gasteiger partial charge in [-0.05, 0) is 42.3 Å². The maximum Gasteiger partial charge on any atom is 0.319 e. The maximum atomic E-state index is 12.4. The summed E-state index contributed by atoms with van der Waals surface area (Å²) in [6.45, 7) is 2.03. The Balaban J connectivity index is 1.52. The number of aryl methyl sites for hydroxylation is 1. The summed E-state index contributed by atoms with van der Waals surface area (Å²) in [7, 11) is 0. The molecule has 0 aliphatic heterocycles. The van der Waals surface area contributed by atoms with Gasteiger partial charge in [-0.3, -0.25) is 24.8 Å². The number of carbonyl (C=O) groups excluding carboxylic acids is 1. The second-order valence-corrected chi connectivity index (χ2v) is 8.78. The van der Waals surface area contributed by atoms with Crippen molar-refractivity contribution in [2.75, 3.05) is 5.32 Å². The minimum Gasteiger partial charge on any atom is -0.331 e. The molecule has 0 aliphatic rings. The molecule has 0 aliphatic carbocycles. The summed E-state index contributed by atoms with van der Waals surface area (Å²) in [5.41, 5.74) is 3.13. The molecule has 1 aromatic heterocycles. The van der Waals surface area contributed by atoms with Crippen molar-refractivity contribution in [3.63, 3.8) is 0 Å². The number of carbonyl (C=O) groups is 1. The van der Waals surface area contributed by atoms with Crippen LogP contribution < -0.4 is 10.6 Å². The van der Waals surface area contributed by atoms with Gasteiger partial charge in [0.1, 0.15) is 0 Å². The van der Waals surface area contributed by atoms with Crippen LogP contribution in [0.4, 0.5) is 21.9 Å². The van der Waals surface area contributed by atoms with E-state index in [0.29, 0.717) is 28.1 Å². The third-order valence-electron chi connectivity index (χ3n) is 5.38. The van der Waals surface area contributed by atoms with Gasteiger partial charge in [0.05, 0.1) is 16.4 Å². The topological polar surface area (TPSA) is 158 Å². The van der Waals surface area contributed by atoms with Crippen molar-refractivity contribution < 1.29 is 14.6 Å². The predicted octanol–water partition coefficient (Wildman–Crippen LogP) is 5.01. The molecule has 188 valence electrons. The van der Waals surface area contributed by atoms with Crippen molar-refractivity contribution in [3.05, 3.63) is 110 Å². The van der Waals surface area contributed by atoms with Gasteiger partial charge in [0.2, 0.25) is 0 Å². The number of aromatic nitrogens is 3. The van der Waals surface area contributed by atoms with Crippen LogP contribution in [0.1, 0.15) is 17.0 Å². The average molecular weight is 520 g/mol. The van der Waals surface area contributed by atoms with Crippen LogP contribution in [0.25, 0.3) is 5.69 Å². The van der Waals surface area contributed by atoms with Gasteiger partial charge < -0.3 is 10.6 Å². The lowest BCUT2D eigenvalue weighted by atomic mass is 10.1. The first-order valence-electron chi connectivity index (χ1n) is 11.0. The molecule has 37 heavy (non-hydrogen) atoms. The summed E-state index contributed by atoms with van der Waals surface area (Å²) < 4.78 is 1.73. The Hall–Kier alpha value is -4.78. The largest absolute Gasteiger partial charge is 0.331 e. The number of non-ortho nitro benzene ring substituents is 2. The molecule has 12 nitrogen and oxygen atoms in total. The molecular weight excluding hydrogens is 498 g/mol. The van der Waals surface area contributed by atoms with Gasteiger partial charge in [0.15, 0.2) is 11.0 Å². The van der Waals surface area contributed by atoms with E-state index in [0.717, 1.165) is 11.1 Å². The fourth-order valence-electron chi connectivity index (χ4n) is 3.41. The maximum absolute atomic E-state index is 12.4. The molecule has 1 heterocycles. The lowest BCUT2D eigenvalue weighted by Crippen LogP contribution is -2.29. The number of rotatable bonds is 9. The van der Waals surface area contributed by atoms with E-state index in [9.17, 15) is 25.0 Å². The smallest absolute Gasteiger partial charge is 0.319 e. The first-order valence-corrected chi connectivity index (χ1v) is 12.0. The third kappa shape index (κ3) is 6.27. The van der Waals surface area contributed by atoms with E-state index in [2.05, 4.69) is 20.8 Å². The number of hydrogen-bond acceptors (Lipinski definition) is 8. The number of nitrogens with zero attached hydrogens (tertiary/aromatic N) is 5. The summed E-state index contributed by atoms with van der Waals surface area (Å²) in [6.07, 6.45) is 0. The van der Waals surface area contributed by atoms with Crippen LogP contribution in [0.5, 0.6) is 0 Å². The number of nitro benzene ring substituents is 2. The van der Waals surface area contributed by atoms with Crippen LogP contribution in [-0.2, 0) is 12.3 Å². The highest BCUT2D eigenvalue weighted by Crippen LogP contribution is 2.27. The standard InChI is InChI=1S/C24H21N7O5S/c1-16-4-2-3-5-17(16)15-37-24-28-27-22(29(24)19-10-12-21(13-11-19)31(35)36)14-25-23(32)26-18-6-8-20(9-7-18)30(33)34/h2-13H,14-15H2,1H3,(H2,25,26,32). The van der Waals surface area contributed by atoms with E-state index in [1.54, 1.807) is 16.7 Å². The van der Waals surface area contributed by atoms with E-state index in [-0.39, 0.29) is 17.9 Å². The Bertz CT molecular complexity index is 1440. The number of amides is 2. The highest BCUT2D eigenvalue weighted by atomic mass is 32.2. The van der Waals surface area contributed by atoms with Crippen LogP contribution >= 0.6 is 11.8 Å². The highest BCUT2D eigenvalue weighted by Gasteiger charge is 2.17. The van der Waals surface area contributed by atoms with Crippen LogP contribution in [0.2, 0.25) is 0 Å². The fourth-order valence-corrected chi connectivity index (χ4v) is 4.45. The van der Waals surface area contributed by atoms with Gasteiger partial charge in [0, 0.05) is 41.4 Å². The first kappa shape index (κ1) is 25.3. The number of urea groups is 1. The molecule has 2 N–H and O–H groups in total. The number of anilines is 1. The fraction of sp³-hybridized carbons (Fsp3) is 0.125. The second-order valence-electron chi connectivity index (χ2n) is 7.83. The summed E-state index contributed by atoms with van der Waals surface area (Å²) in [5, 5.41) is 36.3. The number of nitrogens with one attached hydrogen (secondary N) is 2. The number of benzene rings is 3. The normalized spacial score (nSPS) is 10.6. The van der Waals surface area contributed by atoms with Crippen LogP contribution in [0.15, 0.2) is 78.0 Å².